The van der Waals surface area contributed by atoms with Crippen LogP contribution in [-0.4, -0.2) is 12.4 Å². The van der Waals surface area contributed by atoms with Crippen molar-refractivity contribution >= 4 is 0 Å². The molecule has 0 amide bonds. The summed E-state index contributed by atoms with van der Waals surface area (Å²) in [5.74, 6) is 4.39. The summed E-state index contributed by atoms with van der Waals surface area (Å²) in [6.07, 6.45) is 15.0. The van der Waals surface area contributed by atoms with Crippen LogP contribution in [0.5, 0.6) is 5.75 Å². The first-order valence-corrected chi connectivity index (χ1v) is 12.1. The first-order chi connectivity index (χ1) is 13.6. The molecule has 0 saturated heterocycles. The average molecular weight is 383 g/mol. The van der Waals surface area contributed by atoms with Gasteiger partial charge in [-0.25, -0.2) is 0 Å². The lowest BCUT2D eigenvalue weighted by molar-refractivity contribution is -0.231. The molecule has 2 heteroatoms. The van der Waals surface area contributed by atoms with E-state index in [1.54, 1.807) is 0 Å². The van der Waals surface area contributed by atoms with Gasteiger partial charge in [0.25, 0.3) is 0 Å². The summed E-state index contributed by atoms with van der Waals surface area (Å²) >= 11 is 0. The van der Waals surface area contributed by atoms with Gasteiger partial charge < -0.3 is 9.47 Å². The summed E-state index contributed by atoms with van der Waals surface area (Å²) in [5, 5.41) is 0. The van der Waals surface area contributed by atoms with Crippen LogP contribution in [-0.2, 0) is 4.74 Å². The van der Waals surface area contributed by atoms with E-state index in [1.807, 2.05) is 0 Å². The van der Waals surface area contributed by atoms with Crippen molar-refractivity contribution in [3.05, 3.63) is 29.8 Å². The Labute approximate surface area is 171 Å². The van der Waals surface area contributed by atoms with Crippen LogP contribution >= 0.6 is 0 Å². The molecule has 2 nitrogen and oxygen atoms in total. The van der Waals surface area contributed by atoms with E-state index in [2.05, 4.69) is 38.1 Å². The Morgan fingerprint density at radius 2 is 1.64 bits per heavy atom. The number of benzene rings is 1. The molecular formula is C26H38O2. The van der Waals surface area contributed by atoms with Crippen LogP contribution in [0, 0.1) is 23.2 Å². The molecule has 0 heterocycles. The van der Waals surface area contributed by atoms with Gasteiger partial charge in [-0.3, -0.25) is 0 Å². The van der Waals surface area contributed by atoms with Gasteiger partial charge in [-0.1, -0.05) is 38.8 Å². The Kier molecular flexibility index (Phi) is 5.20. The van der Waals surface area contributed by atoms with Crippen LogP contribution < -0.4 is 4.74 Å². The van der Waals surface area contributed by atoms with Crippen molar-refractivity contribution < 1.29 is 9.47 Å². The van der Waals surface area contributed by atoms with E-state index >= 15 is 0 Å². The normalized spacial score (nSPS) is 36.6. The van der Waals surface area contributed by atoms with Crippen LogP contribution in [0.4, 0.5) is 0 Å². The van der Waals surface area contributed by atoms with E-state index in [0.717, 1.165) is 23.5 Å². The standard InChI is InChI=1S/C26H38O2/c1-3-18(2)22-7-6-10-24(14-22)28-25(27-23-8-4-5-9-23)26-15-19-11-20(16-26)13-21(12-19)17-26/h6-7,10,14,18-21,23,25H,3-5,8-9,11-13,15-17H2,1-2H3. The highest BCUT2D eigenvalue weighted by Crippen LogP contribution is 2.62. The molecule has 6 rings (SSSR count). The molecule has 154 valence electrons. The summed E-state index contributed by atoms with van der Waals surface area (Å²) in [6.45, 7) is 4.57. The van der Waals surface area contributed by atoms with E-state index in [4.69, 9.17) is 9.47 Å². The van der Waals surface area contributed by atoms with E-state index < -0.39 is 0 Å². The van der Waals surface area contributed by atoms with Crippen LogP contribution in [0.15, 0.2) is 24.3 Å². The zero-order valence-corrected chi connectivity index (χ0v) is 17.9. The molecule has 0 N–H and O–H groups in total. The molecule has 28 heavy (non-hydrogen) atoms. The lowest BCUT2D eigenvalue weighted by atomic mass is 9.49. The molecule has 5 saturated carbocycles. The molecule has 1 aromatic rings. The van der Waals surface area contributed by atoms with Gasteiger partial charge in [-0.15, -0.1) is 0 Å². The molecule has 5 aliphatic carbocycles. The van der Waals surface area contributed by atoms with Crippen LogP contribution in [0.25, 0.3) is 0 Å². The summed E-state index contributed by atoms with van der Waals surface area (Å²) in [4.78, 5) is 0. The summed E-state index contributed by atoms with van der Waals surface area (Å²) in [5.41, 5.74) is 1.66. The van der Waals surface area contributed by atoms with Crippen molar-refractivity contribution in [3.8, 4) is 5.75 Å². The fraction of sp³-hybridized carbons (Fsp3) is 0.769. The Hall–Kier alpha value is -1.02. The summed E-state index contributed by atoms with van der Waals surface area (Å²) in [6, 6.07) is 8.85. The van der Waals surface area contributed by atoms with E-state index in [-0.39, 0.29) is 11.7 Å². The van der Waals surface area contributed by atoms with Crippen molar-refractivity contribution in [1.29, 1.82) is 0 Å². The minimum atomic E-state index is -0.0452. The van der Waals surface area contributed by atoms with Gasteiger partial charge in [0.2, 0.25) is 6.29 Å². The second-order valence-electron chi connectivity index (χ2n) is 10.7. The largest absolute Gasteiger partial charge is 0.464 e. The molecule has 0 aliphatic heterocycles. The quantitative estimate of drug-likeness (QED) is 0.469. The van der Waals surface area contributed by atoms with Crippen LogP contribution in [0.2, 0.25) is 0 Å². The molecule has 5 fully saturated rings. The van der Waals surface area contributed by atoms with Gasteiger partial charge in [-0.05, 0) is 99.2 Å². The minimum Gasteiger partial charge on any atom is -0.464 e. The zero-order chi connectivity index (χ0) is 19.1. The average Bonchev–Trinajstić information content (AvgIpc) is 3.19. The second kappa shape index (κ2) is 7.67. The fourth-order valence-corrected chi connectivity index (χ4v) is 7.22. The third-order valence-electron chi connectivity index (χ3n) is 8.49. The first-order valence-electron chi connectivity index (χ1n) is 12.1. The second-order valence-corrected chi connectivity index (χ2v) is 10.7. The smallest absolute Gasteiger partial charge is 0.205 e. The van der Waals surface area contributed by atoms with Crippen molar-refractivity contribution in [2.24, 2.45) is 23.2 Å². The fourth-order valence-electron chi connectivity index (χ4n) is 7.22. The van der Waals surface area contributed by atoms with Gasteiger partial charge in [0.15, 0.2) is 0 Å². The van der Waals surface area contributed by atoms with Gasteiger partial charge in [0.05, 0.1) is 6.10 Å². The highest BCUT2D eigenvalue weighted by molar-refractivity contribution is 5.31. The molecule has 0 radical (unpaired) electrons. The number of ether oxygens (including phenoxy) is 2. The Morgan fingerprint density at radius 1 is 1.00 bits per heavy atom. The predicted octanol–water partition coefficient (Wildman–Crippen LogP) is 7.08. The molecule has 0 aromatic heterocycles. The predicted molar refractivity (Wildman–Crippen MR) is 114 cm³/mol. The molecule has 4 bridgehead atoms. The molecule has 2 atom stereocenters. The third kappa shape index (κ3) is 3.62. The van der Waals surface area contributed by atoms with Gasteiger partial charge in [0, 0.05) is 5.41 Å². The Morgan fingerprint density at radius 3 is 2.25 bits per heavy atom. The number of rotatable bonds is 7. The van der Waals surface area contributed by atoms with Crippen molar-refractivity contribution in [2.75, 3.05) is 0 Å². The van der Waals surface area contributed by atoms with Gasteiger partial charge >= 0.3 is 0 Å². The zero-order valence-electron chi connectivity index (χ0n) is 17.9. The van der Waals surface area contributed by atoms with Crippen LogP contribution in [0.1, 0.15) is 96.0 Å². The Balaban J connectivity index is 1.40. The van der Waals surface area contributed by atoms with Crippen molar-refractivity contribution in [1.82, 2.24) is 0 Å². The van der Waals surface area contributed by atoms with E-state index in [0.29, 0.717) is 12.0 Å². The first kappa shape index (κ1) is 19.0. The molecule has 1 aromatic carbocycles. The molecule has 0 spiro atoms. The SMILES string of the molecule is CCC(C)c1cccc(OC(OC2CCCC2)C23CC4CC(CC(C4)C2)C3)c1. The monoisotopic (exact) mass is 382 g/mol. The summed E-state index contributed by atoms with van der Waals surface area (Å²) in [7, 11) is 0. The third-order valence-corrected chi connectivity index (χ3v) is 8.49. The maximum absolute atomic E-state index is 6.80. The van der Waals surface area contributed by atoms with E-state index in [1.165, 1.54) is 76.2 Å². The Bertz CT molecular complexity index is 639. The molecule has 2 unspecified atom stereocenters. The number of hydrogen-bond acceptors (Lipinski definition) is 2. The van der Waals surface area contributed by atoms with Gasteiger partial charge in [0.1, 0.15) is 5.75 Å². The van der Waals surface area contributed by atoms with E-state index in [9.17, 15) is 0 Å². The minimum absolute atomic E-state index is 0.0452. The molecule has 5 aliphatic rings. The topological polar surface area (TPSA) is 18.5 Å². The summed E-state index contributed by atoms with van der Waals surface area (Å²) < 4.78 is 13.6. The highest BCUT2D eigenvalue weighted by Gasteiger charge is 2.56. The molecular weight excluding hydrogens is 344 g/mol. The highest BCUT2D eigenvalue weighted by atomic mass is 16.7. The van der Waals surface area contributed by atoms with Crippen molar-refractivity contribution in [3.63, 3.8) is 0 Å². The maximum Gasteiger partial charge on any atom is 0.205 e. The van der Waals surface area contributed by atoms with Gasteiger partial charge in [-0.2, -0.15) is 0 Å². The van der Waals surface area contributed by atoms with Crippen LogP contribution in [0.3, 0.4) is 0 Å². The lowest BCUT2D eigenvalue weighted by Gasteiger charge is -2.58. The van der Waals surface area contributed by atoms with Crippen molar-refractivity contribution in [2.45, 2.75) is 103 Å². The lowest BCUT2D eigenvalue weighted by Crippen LogP contribution is -2.54. The number of hydrogen-bond donors (Lipinski definition) is 0. The maximum atomic E-state index is 6.80.